The molecule has 0 aromatic heterocycles. The Morgan fingerprint density at radius 2 is 2.00 bits per heavy atom. The zero-order valence-electron chi connectivity index (χ0n) is 8.85. The van der Waals surface area contributed by atoms with Crippen LogP contribution >= 0.6 is 0 Å². The fraction of sp³-hybridized carbons (Fsp3) is 0.333. The maximum absolute atomic E-state index is 11.9. The standard InChI is InChI=1S/C9H12F3N3O/c1-4-7(8(14)15-6(3)13)5(2)16-9(10,11)12/h4H,2H2,1,3H3,(H3,13,14,15)/b7-4+. The van der Waals surface area contributed by atoms with Crippen LogP contribution in [0.5, 0.6) is 0 Å². The third kappa shape index (κ3) is 5.18. The van der Waals surface area contributed by atoms with Gasteiger partial charge in [0.2, 0.25) is 0 Å². The molecule has 0 atom stereocenters. The summed E-state index contributed by atoms with van der Waals surface area (Å²) in [6, 6.07) is 0. The number of hydrogen-bond donors (Lipinski definition) is 2. The second-order valence-corrected chi connectivity index (χ2v) is 2.78. The van der Waals surface area contributed by atoms with Crippen molar-refractivity contribution in [3.8, 4) is 0 Å². The van der Waals surface area contributed by atoms with E-state index in [0.717, 1.165) is 0 Å². The van der Waals surface area contributed by atoms with E-state index in [4.69, 9.17) is 11.1 Å². The zero-order valence-corrected chi connectivity index (χ0v) is 8.85. The molecule has 0 saturated heterocycles. The summed E-state index contributed by atoms with van der Waals surface area (Å²) >= 11 is 0. The number of rotatable bonds is 3. The molecule has 0 fully saturated rings. The van der Waals surface area contributed by atoms with E-state index in [1.165, 1.54) is 19.9 Å². The summed E-state index contributed by atoms with van der Waals surface area (Å²) in [5.41, 5.74) is 5.04. The number of nitrogens with one attached hydrogen (secondary N) is 1. The second-order valence-electron chi connectivity index (χ2n) is 2.78. The Kier molecular flexibility index (Phi) is 4.74. The Morgan fingerprint density at radius 1 is 1.50 bits per heavy atom. The topological polar surface area (TPSA) is 71.5 Å². The zero-order chi connectivity index (χ0) is 12.9. The Labute approximate surface area is 90.8 Å². The predicted octanol–water partition coefficient (Wildman–Crippen LogP) is 2.34. The van der Waals surface area contributed by atoms with Crippen molar-refractivity contribution in [1.82, 2.24) is 0 Å². The molecular formula is C9H12F3N3O. The van der Waals surface area contributed by atoms with E-state index in [2.05, 4.69) is 16.3 Å². The van der Waals surface area contributed by atoms with Crippen LogP contribution < -0.4 is 5.73 Å². The number of alkyl halides is 3. The van der Waals surface area contributed by atoms with Gasteiger partial charge in [-0.1, -0.05) is 12.7 Å². The van der Waals surface area contributed by atoms with Crippen molar-refractivity contribution in [2.24, 2.45) is 10.7 Å². The number of nitrogens with two attached hydrogens (primary N) is 1. The van der Waals surface area contributed by atoms with Gasteiger partial charge in [-0.2, -0.15) is 0 Å². The van der Waals surface area contributed by atoms with Gasteiger partial charge < -0.3 is 10.5 Å². The Bertz CT molecular complexity index is 352. The summed E-state index contributed by atoms with van der Waals surface area (Å²) in [4.78, 5) is 3.50. The highest BCUT2D eigenvalue weighted by Crippen LogP contribution is 2.24. The largest absolute Gasteiger partial charge is 0.573 e. The van der Waals surface area contributed by atoms with Crippen molar-refractivity contribution < 1.29 is 17.9 Å². The summed E-state index contributed by atoms with van der Waals surface area (Å²) in [5, 5.41) is 7.37. The van der Waals surface area contributed by atoms with Crippen LogP contribution in [0.3, 0.4) is 0 Å². The first-order valence-corrected chi connectivity index (χ1v) is 4.18. The lowest BCUT2D eigenvalue weighted by Crippen LogP contribution is -2.17. The number of ether oxygens (including phenoxy) is 1. The predicted molar refractivity (Wildman–Crippen MR) is 55.1 cm³/mol. The molecule has 0 aromatic rings. The van der Waals surface area contributed by atoms with Crippen LogP contribution in [0.1, 0.15) is 13.8 Å². The van der Waals surface area contributed by atoms with Crippen LogP contribution in [0.15, 0.2) is 29.0 Å². The highest BCUT2D eigenvalue weighted by molar-refractivity contribution is 6.05. The molecule has 0 radical (unpaired) electrons. The van der Waals surface area contributed by atoms with Gasteiger partial charge in [0.1, 0.15) is 5.76 Å². The molecule has 0 amide bonds. The fourth-order valence-electron chi connectivity index (χ4n) is 0.861. The van der Waals surface area contributed by atoms with E-state index >= 15 is 0 Å². The minimum Gasteiger partial charge on any atom is -0.406 e. The molecule has 90 valence electrons. The van der Waals surface area contributed by atoms with E-state index in [1.807, 2.05) is 0 Å². The average molecular weight is 235 g/mol. The van der Waals surface area contributed by atoms with Crippen LogP contribution in [0.25, 0.3) is 0 Å². The van der Waals surface area contributed by atoms with Crippen LogP contribution in [0, 0.1) is 5.41 Å². The van der Waals surface area contributed by atoms with E-state index in [-0.39, 0.29) is 11.4 Å². The number of aliphatic imine (C=N–C) groups is 1. The molecule has 0 saturated carbocycles. The number of amidine groups is 2. The van der Waals surface area contributed by atoms with Gasteiger partial charge in [0.05, 0.1) is 11.4 Å². The van der Waals surface area contributed by atoms with E-state index in [1.54, 1.807) is 0 Å². The molecule has 7 heteroatoms. The first-order valence-electron chi connectivity index (χ1n) is 4.18. The molecule has 0 unspecified atom stereocenters. The number of allylic oxidation sites excluding steroid dienone is 1. The van der Waals surface area contributed by atoms with Gasteiger partial charge in [-0.25, -0.2) is 4.99 Å². The van der Waals surface area contributed by atoms with Crippen molar-refractivity contribution in [2.45, 2.75) is 20.2 Å². The average Bonchev–Trinajstić information content (AvgIpc) is 1.99. The molecule has 0 rings (SSSR count). The fourth-order valence-corrected chi connectivity index (χ4v) is 0.861. The highest BCUT2D eigenvalue weighted by atomic mass is 19.4. The number of halogens is 3. The minimum atomic E-state index is -4.84. The van der Waals surface area contributed by atoms with Crippen molar-refractivity contribution >= 4 is 11.7 Å². The smallest absolute Gasteiger partial charge is 0.406 e. The molecule has 0 spiro atoms. The van der Waals surface area contributed by atoms with E-state index in [0.29, 0.717) is 0 Å². The molecular weight excluding hydrogens is 223 g/mol. The lowest BCUT2D eigenvalue weighted by atomic mass is 10.2. The van der Waals surface area contributed by atoms with Crippen LogP contribution in [0.4, 0.5) is 13.2 Å². The Hall–Kier alpha value is -1.79. The first kappa shape index (κ1) is 14.2. The molecule has 0 heterocycles. The summed E-state index contributed by atoms with van der Waals surface area (Å²) in [5.74, 6) is -1.06. The summed E-state index contributed by atoms with van der Waals surface area (Å²) in [6.07, 6.45) is -3.60. The molecule has 0 aliphatic rings. The monoisotopic (exact) mass is 235 g/mol. The quantitative estimate of drug-likeness (QED) is 0.341. The molecule has 4 nitrogen and oxygen atoms in total. The summed E-state index contributed by atoms with van der Waals surface area (Å²) < 4.78 is 39.2. The Morgan fingerprint density at radius 3 is 2.31 bits per heavy atom. The molecule has 0 bridgehead atoms. The van der Waals surface area contributed by atoms with Gasteiger partial charge >= 0.3 is 6.36 Å². The van der Waals surface area contributed by atoms with Gasteiger partial charge in [0, 0.05) is 0 Å². The molecule has 3 N–H and O–H groups in total. The molecule has 0 aliphatic carbocycles. The second kappa shape index (κ2) is 5.34. The summed E-state index contributed by atoms with van der Waals surface area (Å²) in [6.45, 7) is 5.93. The molecule has 0 aliphatic heterocycles. The first-order chi connectivity index (χ1) is 7.17. The van der Waals surface area contributed by atoms with Gasteiger partial charge in [-0.05, 0) is 13.8 Å². The summed E-state index contributed by atoms with van der Waals surface area (Å²) in [7, 11) is 0. The van der Waals surface area contributed by atoms with Gasteiger partial charge in [0.25, 0.3) is 0 Å². The van der Waals surface area contributed by atoms with E-state index in [9.17, 15) is 13.2 Å². The number of nitrogens with zero attached hydrogens (tertiary/aromatic N) is 1. The lowest BCUT2D eigenvalue weighted by Gasteiger charge is -2.13. The number of hydrogen-bond acceptors (Lipinski definition) is 2. The Balaban J connectivity index is 4.85. The molecule has 0 aromatic carbocycles. The lowest BCUT2D eigenvalue weighted by molar-refractivity contribution is -0.303. The van der Waals surface area contributed by atoms with E-state index < -0.39 is 18.0 Å². The van der Waals surface area contributed by atoms with Gasteiger partial charge in [0.15, 0.2) is 5.84 Å². The van der Waals surface area contributed by atoms with Crippen LogP contribution in [-0.2, 0) is 4.74 Å². The molecule has 16 heavy (non-hydrogen) atoms. The van der Waals surface area contributed by atoms with Gasteiger partial charge in [-0.3, -0.25) is 5.41 Å². The van der Waals surface area contributed by atoms with Crippen molar-refractivity contribution in [2.75, 3.05) is 0 Å². The van der Waals surface area contributed by atoms with Gasteiger partial charge in [-0.15, -0.1) is 13.2 Å². The maximum atomic E-state index is 11.9. The van der Waals surface area contributed by atoms with Crippen molar-refractivity contribution in [3.05, 3.63) is 24.0 Å². The van der Waals surface area contributed by atoms with Crippen LogP contribution in [0.2, 0.25) is 0 Å². The maximum Gasteiger partial charge on any atom is 0.573 e. The normalized spacial score (nSPS) is 13.6. The minimum absolute atomic E-state index is 0.0594. The van der Waals surface area contributed by atoms with Crippen molar-refractivity contribution in [1.29, 1.82) is 5.41 Å². The third-order valence-corrected chi connectivity index (χ3v) is 1.37. The van der Waals surface area contributed by atoms with Crippen molar-refractivity contribution in [3.63, 3.8) is 0 Å². The van der Waals surface area contributed by atoms with Crippen LogP contribution in [-0.4, -0.2) is 18.0 Å². The SMILES string of the molecule is C=C(OC(F)(F)F)/C(=C\C)C(=N)N=C(C)N. The highest BCUT2D eigenvalue weighted by Gasteiger charge is 2.32. The third-order valence-electron chi connectivity index (χ3n) is 1.37.